The number of carboxylic acids is 1. The van der Waals surface area contributed by atoms with Crippen molar-refractivity contribution in [3.05, 3.63) is 23.8 Å². The van der Waals surface area contributed by atoms with E-state index in [0.717, 1.165) is 0 Å². The van der Waals surface area contributed by atoms with E-state index in [1.807, 2.05) is 0 Å². The standard InChI is InChI=1S/C10H11NO4.Na/c12-8-2-1-7(9(13)5-8)3-4-11-6-10(14)15;/h1-2,4-5,12-13H,3,6H2,(H,14,15);. The van der Waals surface area contributed by atoms with Crippen molar-refractivity contribution in [3.8, 4) is 11.5 Å². The van der Waals surface area contributed by atoms with Gasteiger partial charge in [-0.3, -0.25) is 9.79 Å². The van der Waals surface area contributed by atoms with Gasteiger partial charge in [0.15, 0.2) is 0 Å². The fourth-order valence-corrected chi connectivity index (χ4v) is 1.03. The van der Waals surface area contributed by atoms with Crippen LogP contribution in [-0.2, 0) is 11.2 Å². The summed E-state index contributed by atoms with van der Waals surface area (Å²) in [7, 11) is 0. The Hall–Kier alpha value is -1.04. The van der Waals surface area contributed by atoms with Crippen molar-refractivity contribution < 1.29 is 20.1 Å². The Labute approximate surface area is 115 Å². The molecule has 1 aromatic rings. The van der Waals surface area contributed by atoms with Crippen LogP contribution in [0.2, 0.25) is 0 Å². The van der Waals surface area contributed by atoms with Crippen LogP contribution in [0.15, 0.2) is 23.2 Å². The van der Waals surface area contributed by atoms with Gasteiger partial charge >= 0.3 is 5.97 Å². The summed E-state index contributed by atoms with van der Waals surface area (Å²) >= 11 is 0. The molecule has 0 bridgehead atoms. The van der Waals surface area contributed by atoms with Crippen LogP contribution in [-0.4, -0.2) is 63.6 Å². The first-order chi connectivity index (χ1) is 7.09. The van der Waals surface area contributed by atoms with Gasteiger partial charge in [0.1, 0.15) is 18.0 Å². The summed E-state index contributed by atoms with van der Waals surface area (Å²) in [5.74, 6) is -1.04. The molecule has 3 N–H and O–H groups in total. The van der Waals surface area contributed by atoms with Gasteiger partial charge in [-0.2, -0.15) is 0 Å². The van der Waals surface area contributed by atoms with Crippen LogP contribution in [0.4, 0.5) is 0 Å². The molecule has 1 rings (SSSR count). The fraction of sp³-hybridized carbons (Fsp3) is 0.200. The minimum atomic E-state index is -0.999. The number of aromatic hydroxyl groups is 2. The van der Waals surface area contributed by atoms with Crippen molar-refractivity contribution in [1.82, 2.24) is 0 Å². The molecule has 0 fully saturated rings. The first kappa shape index (κ1) is 15.0. The molecule has 81 valence electrons. The van der Waals surface area contributed by atoms with Crippen LogP contribution < -0.4 is 0 Å². The Morgan fingerprint density at radius 1 is 1.38 bits per heavy atom. The molecule has 0 saturated heterocycles. The van der Waals surface area contributed by atoms with Gasteiger partial charge < -0.3 is 15.3 Å². The number of rotatable bonds is 4. The third-order valence-corrected chi connectivity index (χ3v) is 1.74. The van der Waals surface area contributed by atoms with Crippen LogP contribution in [0.1, 0.15) is 5.56 Å². The van der Waals surface area contributed by atoms with Crippen molar-refractivity contribution in [2.45, 2.75) is 6.42 Å². The van der Waals surface area contributed by atoms with E-state index in [2.05, 4.69) is 4.99 Å². The largest absolute Gasteiger partial charge is 0.508 e. The smallest absolute Gasteiger partial charge is 0.325 e. The summed E-state index contributed by atoms with van der Waals surface area (Å²) in [5, 5.41) is 26.7. The number of carboxylic acid groups (broad SMARTS) is 1. The van der Waals surface area contributed by atoms with Gasteiger partial charge in [0.2, 0.25) is 0 Å². The average Bonchev–Trinajstić information content (AvgIpc) is 2.14. The van der Waals surface area contributed by atoms with E-state index in [-0.39, 0.29) is 47.6 Å². The SMILES string of the molecule is O=C(O)CN=CCc1ccc(O)cc1O.[Na]. The molecule has 0 aromatic heterocycles. The molecule has 5 nitrogen and oxygen atoms in total. The minimum Gasteiger partial charge on any atom is -0.508 e. The Kier molecular flexibility index (Phi) is 6.80. The number of phenolic OH excluding ortho intramolecular Hbond substituents is 2. The quantitative estimate of drug-likeness (QED) is 0.518. The number of aliphatic imine (C=N–C) groups is 1. The fourth-order valence-electron chi connectivity index (χ4n) is 1.03. The Balaban J connectivity index is 0.00000225. The van der Waals surface area contributed by atoms with Gasteiger partial charge in [0.05, 0.1) is 0 Å². The molecular weight excluding hydrogens is 221 g/mol. The second kappa shape index (κ2) is 7.27. The Morgan fingerprint density at radius 2 is 2.06 bits per heavy atom. The van der Waals surface area contributed by atoms with E-state index < -0.39 is 5.97 Å². The molecule has 0 heterocycles. The van der Waals surface area contributed by atoms with Crippen molar-refractivity contribution >= 4 is 41.7 Å². The molecule has 1 aromatic carbocycles. The Morgan fingerprint density at radius 3 is 2.62 bits per heavy atom. The van der Waals surface area contributed by atoms with Crippen LogP contribution in [0.3, 0.4) is 0 Å². The zero-order chi connectivity index (χ0) is 11.3. The molecule has 0 atom stereocenters. The van der Waals surface area contributed by atoms with Gasteiger partial charge in [0.25, 0.3) is 0 Å². The van der Waals surface area contributed by atoms with E-state index in [1.54, 1.807) is 6.07 Å². The van der Waals surface area contributed by atoms with Crippen molar-refractivity contribution in [2.75, 3.05) is 6.54 Å². The molecule has 6 heteroatoms. The number of phenols is 2. The van der Waals surface area contributed by atoms with E-state index in [1.165, 1.54) is 18.3 Å². The van der Waals surface area contributed by atoms with Gasteiger partial charge in [-0.25, -0.2) is 0 Å². The molecular formula is C10H11NNaO4. The maximum Gasteiger partial charge on any atom is 0.325 e. The summed E-state index contributed by atoms with van der Waals surface area (Å²) in [5.41, 5.74) is 0.585. The van der Waals surface area contributed by atoms with E-state index in [0.29, 0.717) is 12.0 Å². The molecule has 0 aliphatic heterocycles. The minimum absolute atomic E-state index is 0. The van der Waals surface area contributed by atoms with Crippen LogP contribution in [0.5, 0.6) is 11.5 Å². The first-order valence-electron chi connectivity index (χ1n) is 4.30. The number of hydrogen-bond acceptors (Lipinski definition) is 4. The molecule has 0 unspecified atom stereocenters. The summed E-state index contributed by atoms with van der Waals surface area (Å²) in [6.07, 6.45) is 1.75. The number of benzene rings is 1. The molecule has 0 aliphatic rings. The Bertz CT molecular complexity index is 392. The van der Waals surface area contributed by atoms with Crippen molar-refractivity contribution in [3.63, 3.8) is 0 Å². The topological polar surface area (TPSA) is 90.1 Å². The summed E-state index contributed by atoms with van der Waals surface area (Å²) in [4.78, 5) is 13.8. The summed E-state index contributed by atoms with van der Waals surface area (Å²) in [6, 6.07) is 4.22. The van der Waals surface area contributed by atoms with Gasteiger partial charge in [-0.1, -0.05) is 6.07 Å². The first-order valence-corrected chi connectivity index (χ1v) is 4.30. The van der Waals surface area contributed by atoms with Crippen LogP contribution in [0.25, 0.3) is 0 Å². The van der Waals surface area contributed by atoms with Crippen LogP contribution >= 0.6 is 0 Å². The van der Waals surface area contributed by atoms with E-state index >= 15 is 0 Å². The van der Waals surface area contributed by atoms with E-state index in [4.69, 9.17) is 10.2 Å². The number of nitrogens with zero attached hydrogens (tertiary/aromatic N) is 1. The monoisotopic (exact) mass is 232 g/mol. The normalized spacial score (nSPS) is 10.0. The number of aliphatic carboxylic acids is 1. The van der Waals surface area contributed by atoms with Gasteiger partial charge in [-0.05, 0) is 11.6 Å². The summed E-state index contributed by atoms with van der Waals surface area (Å²) in [6.45, 7) is -0.279. The number of hydrogen-bond donors (Lipinski definition) is 3. The summed E-state index contributed by atoms with van der Waals surface area (Å²) < 4.78 is 0. The van der Waals surface area contributed by atoms with Crippen molar-refractivity contribution in [1.29, 1.82) is 0 Å². The van der Waals surface area contributed by atoms with Gasteiger partial charge in [0, 0.05) is 48.3 Å². The average molecular weight is 232 g/mol. The maximum atomic E-state index is 10.1. The number of carbonyl (C=O) groups is 1. The molecule has 0 saturated carbocycles. The third kappa shape index (κ3) is 5.16. The third-order valence-electron chi connectivity index (χ3n) is 1.74. The van der Waals surface area contributed by atoms with Gasteiger partial charge in [-0.15, -0.1) is 0 Å². The molecule has 0 spiro atoms. The zero-order valence-corrected chi connectivity index (χ0v) is 10.9. The predicted molar refractivity (Wildman–Crippen MR) is 60.2 cm³/mol. The van der Waals surface area contributed by atoms with Crippen LogP contribution in [0, 0.1) is 0 Å². The molecule has 0 aliphatic carbocycles. The zero-order valence-electron chi connectivity index (χ0n) is 8.92. The molecule has 1 radical (unpaired) electrons. The van der Waals surface area contributed by atoms with Crippen molar-refractivity contribution in [2.24, 2.45) is 4.99 Å². The molecule has 0 amide bonds. The second-order valence-corrected chi connectivity index (χ2v) is 2.93. The van der Waals surface area contributed by atoms with E-state index in [9.17, 15) is 9.90 Å². The maximum absolute atomic E-state index is 10.1. The molecule has 16 heavy (non-hydrogen) atoms. The predicted octanol–water partition coefficient (Wildman–Crippen LogP) is 0.415. The second-order valence-electron chi connectivity index (χ2n) is 2.93.